The lowest BCUT2D eigenvalue weighted by Crippen LogP contribution is -2.05. The van der Waals surface area contributed by atoms with Gasteiger partial charge < -0.3 is 10.5 Å². The summed E-state index contributed by atoms with van der Waals surface area (Å²) in [4.78, 5) is 12.6. The number of nitrogens with two attached hydrogens (primary N) is 1. The number of halogens is 1. The summed E-state index contributed by atoms with van der Waals surface area (Å²) in [6.45, 7) is 0.538. The van der Waals surface area contributed by atoms with Gasteiger partial charge in [0.05, 0.1) is 18.7 Å². The molecule has 0 amide bonds. The number of hydrogen-bond donors (Lipinski definition) is 1. The van der Waals surface area contributed by atoms with E-state index in [-0.39, 0.29) is 0 Å². The highest BCUT2D eigenvalue weighted by Crippen LogP contribution is 2.21. The summed E-state index contributed by atoms with van der Waals surface area (Å²) in [6.07, 6.45) is 3.27. The smallest absolute Gasteiger partial charge is 0.213 e. The standard InChI is InChI=1S/C13H12ClN5O/c1-20-11-4-8(2-3-16-11)7-19-12-10(18-13(19)15)5-9(14)6-17-12/h2-6H,7H2,1H3,(H2,15,18). The second-order valence-electron chi connectivity index (χ2n) is 4.26. The summed E-state index contributed by atoms with van der Waals surface area (Å²) in [5, 5.41) is 0.535. The number of aromatic nitrogens is 4. The molecule has 3 rings (SSSR count). The molecule has 0 radical (unpaired) electrons. The Hall–Kier alpha value is -2.34. The molecule has 0 spiro atoms. The van der Waals surface area contributed by atoms with E-state index in [1.54, 1.807) is 25.6 Å². The molecule has 20 heavy (non-hydrogen) atoms. The third-order valence-electron chi connectivity index (χ3n) is 2.93. The maximum Gasteiger partial charge on any atom is 0.213 e. The van der Waals surface area contributed by atoms with Crippen molar-refractivity contribution in [2.45, 2.75) is 6.54 Å². The Bertz CT molecular complexity index is 771. The van der Waals surface area contributed by atoms with Crippen molar-refractivity contribution >= 4 is 28.7 Å². The van der Waals surface area contributed by atoms with Crippen LogP contribution in [-0.4, -0.2) is 26.6 Å². The van der Waals surface area contributed by atoms with E-state index in [9.17, 15) is 0 Å². The zero-order chi connectivity index (χ0) is 14.1. The van der Waals surface area contributed by atoms with Crippen molar-refractivity contribution in [2.24, 2.45) is 0 Å². The molecule has 0 aliphatic rings. The van der Waals surface area contributed by atoms with Crippen LogP contribution in [0, 0.1) is 0 Å². The molecule has 0 atom stereocenters. The van der Waals surface area contributed by atoms with Crippen LogP contribution in [0.25, 0.3) is 11.2 Å². The highest BCUT2D eigenvalue weighted by Gasteiger charge is 2.10. The lowest BCUT2D eigenvalue weighted by molar-refractivity contribution is 0.397. The summed E-state index contributed by atoms with van der Waals surface area (Å²) in [7, 11) is 1.58. The average Bonchev–Trinajstić information content (AvgIpc) is 2.74. The van der Waals surface area contributed by atoms with E-state index in [0.717, 1.165) is 5.56 Å². The second kappa shape index (κ2) is 4.97. The third kappa shape index (κ3) is 2.25. The predicted octanol–water partition coefficient (Wildman–Crippen LogP) is 2.12. The van der Waals surface area contributed by atoms with Gasteiger partial charge in [-0.1, -0.05) is 11.6 Å². The number of rotatable bonds is 3. The lowest BCUT2D eigenvalue weighted by atomic mass is 10.2. The molecular formula is C13H12ClN5O. The molecule has 0 aliphatic carbocycles. The summed E-state index contributed by atoms with van der Waals surface area (Å²) in [5.41, 5.74) is 8.32. The highest BCUT2D eigenvalue weighted by molar-refractivity contribution is 6.31. The minimum absolute atomic E-state index is 0.394. The lowest BCUT2D eigenvalue weighted by Gasteiger charge is -2.07. The van der Waals surface area contributed by atoms with E-state index < -0.39 is 0 Å². The van der Waals surface area contributed by atoms with Gasteiger partial charge in [0.1, 0.15) is 5.52 Å². The van der Waals surface area contributed by atoms with Crippen LogP contribution in [0.4, 0.5) is 5.95 Å². The van der Waals surface area contributed by atoms with E-state index in [4.69, 9.17) is 22.1 Å². The molecule has 3 heterocycles. The number of pyridine rings is 2. The Kier molecular flexibility index (Phi) is 3.15. The first-order valence-corrected chi connectivity index (χ1v) is 6.31. The maximum atomic E-state index is 5.94. The van der Waals surface area contributed by atoms with Crippen LogP contribution < -0.4 is 10.5 Å². The number of nitrogen functional groups attached to an aromatic ring is 1. The van der Waals surface area contributed by atoms with Crippen molar-refractivity contribution in [3.63, 3.8) is 0 Å². The van der Waals surface area contributed by atoms with Crippen molar-refractivity contribution in [1.82, 2.24) is 19.5 Å². The Labute approximate surface area is 120 Å². The Balaban J connectivity index is 2.03. The van der Waals surface area contributed by atoms with Crippen LogP contribution in [0.1, 0.15) is 5.56 Å². The van der Waals surface area contributed by atoms with Crippen LogP contribution in [0.3, 0.4) is 0 Å². The first-order chi connectivity index (χ1) is 9.67. The van der Waals surface area contributed by atoms with Crippen LogP contribution in [0.15, 0.2) is 30.6 Å². The molecule has 3 aromatic rings. The average molecular weight is 290 g/mol. The van der Waals surface area contributed by atoms with Crippen molar-refractivity contribution in [3.8, 4) is 5.88 Å². The Morgan fingerprint density at radius 2 is 2.20 bits per heavy atom. The molecule has 0 unspecified atom stereocenters. The SMILES string of the molecule is COc1cc(Cn2c(N)nc3cc(Cl)cnc32)ccn1. The number of ether oxygens (including phenoxy) is 1. The molecule has 3 aromatic heterocycles. The normalized spacial score (nSPS) is 10.9. The summed E-state index contributed by atoms with van der Waals surface area (Å²) in [5.74, 6) is 0.951. The number of imidazole rings is 1. The van der Waals surface area contributed by atoms with Gasteiger partial charge in [0.25, 0.3) is 0 Å². The van der Waals surface area contributed by atoms with E-state index in [2.05, 4.69) is 15.0 Å². The molecule has 0 fully saturated rings. The van der Waals surface area contributed by atoms with Crippen molar-refractivity contribution in [2.75, 3.05) is 12.8 Å². The maximum absolute atomic E-state index is 5.94. The molecule has 0 saturated carbocycles. The number of methoxy groups -OCH3 is 1. The molecule has 6 nitrogen and oxygen atoms in total. The van der Waals surface area contributed by atoms with E-state index >= 15 is 0 Å². The number of nitrogens with zero attached hydrogens (tertiary/aromatic N) is 4. The fraction of sp³-hybridized carbons (Fsp3) is 0.154. The van der Waals surface area contributed by atoms with E-state index in [1.165, 1.54) is 0 Å². The summed E-state index contributed by atoms with van der Waals surface area (Å²) >= 11 is 5.90. The monoisotopic (exact) mass is 289 g/mol. The van der Waals surface area contributed by atoms with Crippen molar-refractivity contribution < 1.29 is 4.74 Å². The second-order valence-corrected chi connectivity index (χ2v) is 4.70. The van der Waals surface area contributed by atoms with Crippen molar-refractivity contribution in [1.29, 1.82) is 0 Å². The summed E-state index contributed by atoms with van der Waals surface area (Å²) < 4.78 is 6.93. The molecule has 0 saturated heterocycles. The van der Waals surface area contributed by atoms with Crippen LogP contribution in [-0.2, 0) is 6.54 Å². The summed E-state index contributed by atoms with van der Waals surface area (Å²) in [6, 6.07) is 5.48. The third-order valence-corrected chi connectivity index (χ3v) is 3.14. The fourth-order valence-electron chi connectivity index (χ4n) is 2.00. The minimum atomic E-state index is 0.394. The van der Waals surface area contributed by atoms with E-state index in [0.29, 0.717) is 34.6 Å². The predicted molar refractivity (Wildman–Crippen MR) is 76.8 cm³/mol. The number of hydrogen-bond acceptors (Lipinski definition) is 5. The number of fused-ring (bicyclic) bond motifs is 1. The van der Waals surface area contributed by atoms with Gasteiger partial charge >= 0.3 is 0 Å². The minimum Gasteiger partial charge on any atom is -0.481 e. The Morgan fingerprint density at radius 1 is 1.35 bits per heavy atom. The van der Waals surface area contributed by atoms with Gasteiger partial charge in [0.2, 0.25) is 11.8 Å². The fourth-order valence-corrected chi connectivity index (χ4v) is 2.15. The first kappa shape index (κ1) is 12.7. The van der Waals surface area contributed by atoms with Gasteiger partial charge in [-0.25, -0.2) is 15.0 Å². The molecule has 2 N–H and O–H groups in total. The van der Waals surface area contributed by atoms with Gasteiger partial charge in [0.15, 0.2) is 5.65 Å². The van der Waals surface area contributed by atoms with Gasteiger partial charge in [-0.2, -0.15) is 0 Å². The Morgan fingerprint density at radius 3 is 3.00 bits per heavy atom. The van der Waals surface area contributed by atoms with Crippen LogP contribution >= 0.6 is 11.6 Å². The van der Waals surface area contributed by atoms with Gasteiger partial charge in [-0.15, -0.1) is 0 Å². The molecular weight excluding hydrogens is 278 g/mol. The molecule has 0 aliphatic heterocycles. The zero-order valence-electron chi connectivity index (χ0n) is 10.7. The molecule has 0 bridgehead atoms. The van der Waals surface area contributed by atoms with Crippen LogP contribution in [0.5, 0.6) is 5.88 Å². The van der Waals surface area contributed by atoms with Gasteiger partial charge in [-0.05, 0) is 17.7 Å². The highest BCUT2D eigenvalue weighted by atomic mass is 35.5. The zero-order valence-corrected chi connectivity index (χ0v) is 11.5. The van der Waals surface area contributed by atoms with Crippen molar-refractivity contribution in [3.05, 3.63) is 41.2 Å². The van der Waals surface area contributed by atoms with E-state index in [1.807, 2.05) is 16.7 Å². The topological polar surface area (TPSA) is 78.9 Å². The van der Waals surface area contributed by atoms with Gasteiger partial charge in [0, 0.05) is 18.5 Å². The van der Waals surface area contributed by atoms with Gasteiger partial charge in [-0.3, -0.25) is 4.57 Å². The quantitative estimate of drug-likeness (QED) is 0.799. The molecule has 0 aromatic carbocycles. The first-order valence-electron chi connectivity index (χ1n) is 5.93. The number of anilines is 1. The molecule has 7 heteroatoms. The largest absolute Gasteiger partial charge is 0.481 e. The van der Waals surface area contributed by atoms with Crippen LogP contribution in [0.2, 0.25) is 5.02 Å². The molecule has 102 valence electrons.